The lowest BCUT2D eigenvalue weighted by Crippen LogP contribution is -2.49. The van der Waals surface area contributed by atoms with Crippen molar-refractivity contribution < 1.29 is 14.4 Å². The lowest BCUT2D eigenvalue weighted by molar-refractivity contribution is -0.135. The zero-order valence-corrected chi connectivity index (χ0v) is 23.1. The van der Waals surface area contributed by atoms with E-state index in [9.17, 15) is 14.4 Å². The molecule has 1 N–H and O–H groups in total. The number of hydrogen-bond donors (Lipinski definition) is 1. The summed E-state index contributed by atoms with van der Waals surface area (Å²) in [6.07, 6.45) is 5.44. The monoisotopic (exact) mass is 532 g/mol. The van der Waals surface area contributed by atoms with Crippen LogP contribution in [0.25, 0.3) is 0 Å². The van der Waals surface area contributed by atoms with Crippen molar-refractivity contribution >= 4 is 29.2 Å². The fraction of sp³-hybridized carbons (Fsp3) is 0.533. The number of nitrogens with zero attached hydrogens (tertiary/aromatic N) is 5. The van der Waals surface area contributed by atoms with E-state index in [4.69, 9.17) is 0 Å². The Balaban J connectivity index is 1.13. The third kappa shape index (κ3) is 6.18. The zero-order chi connectivity index (χ0) is 27.4. The van der Waals surface area contributed by atoms with E-state index in [1.165, 1.54) is 0 Å². The van der Waals surface area contributed by atoms with E-state index in [-0.39, 0.29) is 23.6 Å². The SMILES string of the molecule is CC(C)Nc1cccnc1N1CCN(C(=O)c2ccc(C(=O)N3CCC(C(=O)N4CCCC4)CC3)cc2)CC1. The number of likely N-dealkylation sites (tertiary alicyclic amines) is 2. The van der Waals surface area contributed by atoms with Crippen LogP contribution in [-0.2, 0) is 4.79 Å². The Morgan fingerprint density at radius 3 is 1.90 bits per heavy atom. The van der Waals surface area contributed by atoms with Gasteiger partial charge in [-0.15, -0.1) is 0 Å². The first-order chi connectivity index (χ1) is 18.9. The summed E-state index contributed by atoms with van der Waals surface area (Å²) in [4.78, 5) is 51.5. The summed E-state index contributed by atoms with van der Waals surface area (Å²) >= 11 is 0. The molecular weight excluding hydrogens is 492 g/mol. The number of piperazine rings is 1. The molecule has 0 radical (unpaired) electrons. The van der Waals surface area contributed by atoms with Crippen LogP contribution in [0.5, 0.6) is 0 Å². The van der Waals surface area contributed by atoms with Gasteiger partial charge in [-0.1, -0.05) is 0 Å². The van der Waals surface area contributed by atoms with Crippen molar-refractivity contribution in [3.63, 3.8) is 0 Å². The molecule has 39 heavy (non-hydrogen) atoms. The second-order valence-electron chi connectivity index (χ2n) is 11.1. The molecule has 3 aliphatic rings. The third-order valence-electron chi connectivity index (χ3n) is 8.03. The van der Waals surface area contributed by atoms with Gasteiger partial charge < -0.3 is 24.9 Å². The van der Waals surface area contributed by atoms with Gasteiger partial charge in [-0.2, -0.15) is 0 Å². The predicted molar refractivity (Wildman–Crippen MR) is 152 cm³/mol. The van der Waals surface area contributed by atoms with Gasteiger partial charge in [0.1, 0.15) is 0 Å². The van der Waals surface area contributed by atoms with Gasteiger partial charge in [0.15, 0.2) is 5.82 Å². The second-order valence-corrected chi connectivity index (χ2v) is 11.1. The molecule has 3 saturated heterocycles. The summed E-state index contributed by atoms with van der Waals surface area (Å²) in [6.45, 7) is 9.80. The van der Waals surface area contributed by atoms with Gasteiger partial charge in [0.2, 0.25) is 5.91 Å². The van der Waals surface area contributed by atoms with Crippen LogP contribution in [0.1, 0.15) is 60.2 Å². The van der Waals surface area contributed by atoms with E-state index < -0.39 is 0 Å². The average Bonchev–Trinajstić information content (AvgIpc) is 3.52. The highest BCUT2D eigenvalue weighted by Crippen LogP contribution is 2.26. The molecule has 4 heterocycles. The van der Waals surface area contributed by atoms with Crippen LogP contribution in [0.15, 0.2) is 42.6 Å². The summed E-state index contributed by atoms with van der Waals surface area (Å²) in [5.74, 6) is 1.16. The number of benzene rings is 1. The molecule has 3 amide bonds. The fourth-order valence-electron chi connectivity index (χ4n) is 5.84. The Morgan fingerprint density at radius 2 is 1.33 bits per heavy atom. The summed E-state index contributed by atoms with van der Waals surface area (Å²) in [6, 6.07) is 11.3. The van der Waals surface area contributed by atoms with E-state index in [2.05, 4.69) is 29.0 Å². The molecule has 0 aliphatic carbocycles. The van der Waals surface area contributed by atoms with Crippen LogP contribution >= 0.6 is 0 Å². The molecule has 208 valence electrons. The summed E-state index contributed by atoms with van der Waals surface area (Å²) in [7, 11) is 0. The van der Waals surface area contributed by atoms with Crippen LogP contribution < -0.4 is 10.2 Å². The van der Waals surface area contributed by atoms with E-state index in [0.717, 1.165) is 50.3 Å². The van der Waals surface area contributed by atoms with Crippen LogP contribution in [0, 0.1) is 5.92 Å². The van der Waals surface area contributed by atoms with Crippen LogP contribution in [0.2, 0.25) is 0 Å². The van der Waals surface area contributed by atoms with Crippen molar-refractivity contribution in [2.24, 2.45) is 5.92 Å². The van der Waals surface area contributed by atoms with Gasteiger partial charge in [-0.25, -0.2) is 4.98 Å². The molecule has 1 aromatic heterocycles. The molecule has 0 atom stereocenters. The molecule has 3 aliphatic heterocycles. The minimum absolute atomic E-state index is 0.0172. The van der Waals surface area contributed by atoms with Gasteiger partial charge >= 0.3 is 0 Å². The summed E-state index contributed by atoms with van der Waals surface area (Å²) < 4.78 is 0. The van der Waals surface area contributed by atoms with E-state index >= 15 is 0 Å². The van der Waals surface area contributed by atoms with E-state index in [1.807, 2.05) is 26.8 Å². The van der Waals surface area contributed by atoms with Crippen molar-refractivity contribution in [1.29, 1.82) is 0 Å². The topological polar surface area (TPSA) is 89.1 Å². The largest absolute Gasteiger partial charge is 0.380 e. The summed E-state index contributed by atoms with van der Waals surface area (Å²) in [5.41, 5.74) is 2.19. The molecule has 9 heteroatoms. The maximum Gasteiger partial charge on any atom is 0.253 e. The predicted octanol–water partition coefficient (Wildman–Crippen LogP) is 3.34. The number of carbonyl (C=O) groups excluding carboxylic acids is 3. The average molecular weight is 533 g/mol. The molecule has 3 fully saturated rings. The quantitative estimate of drug-likeness (QED) is 0.614. The Kier molecular flexibility index (Phi) is 8.33. The smallest absolute Gasteiger partial charge is 0.253 e. The minimum Gasteiger partial charge on any atom is -0.380 e. The summed E-state index contributed by atoms with van der Waals surface area (Å²) in [5, 5.41) is 3.45. The molecule has 0 bridgehead atoms. The Morgan fingerprint density at radius 1 is 0.769 bits per heavy atom. The number of pyridine rings is 1. The number of rotatable bonds is 6. The Hall–Kier alpha value is -3.62. The number of piperidine rings is 1. The van der Waals surface area contributed by atoms with Gasteiger partial charge in [0, 0.05) is 81.6 Å². The van der Waals surface area contributed by atoms with Crippen LogP contribution in [0.4, 0.5) is 11.5 Å². The van der Waals surface area contributed by atoms with Gasteiger partial charge in [-0.3, -0.25) is 14.4 Å². The molecule has 5 rings (SSSR count). The molecule has 2 aromatic rings. The first-order valence-electron chi connectivity index (χ1n) is 14.3. The molecule has 0 unspecified atom stereocenters. The highest BCUT2D eigenvalue weighted by atomic mass is 16.2. The van der Waals surface area contributed by atoms with E-state index in [1.54, 1.807) is 30.5 Å². The van der Waals surface area contributed by atoms with Crippen molar-refractivity contribution in [3.8, 4) is 0 Å². The first kappa shape index (κ1) is 27.0. The van der Waals surface area contributed by atoms with Gasteiger partial charge in [0.25, 0.3) is 11.8 Å². The van der Waals surface area contributed by atoms with Crippen molar-refractivity contribution in [2.75, 3.05) is 62.6 Å². The maximum absolute atomic E-state index is 13.2. The number of aromatic nitrogens is 1. The number of nitrogens with one attached hydrogen (secondary N) is 1. The van der Waals surface area contributed by atoms with Crippen LogP contribution in [0.3, 0.4) is 0 Å². The number of amides is 3. The molecule has 0 spiro atoms. The van der Waals surface area contributed by atoms with Crippen molar-refractivity contribution in [1.82, 2.24) is 19.7 Å². The lowest BCUT2D eigenvalue weighted by atomic mass is 9.94. The molecule has 9 nitrogen and oxygen atoms in total. The molecule has 1 aromatic carbocycles. The maximum atomic E-state index is 13.2. The normalized spacial score (nSPS) is 18.5. The highest BCUT2D eigenvalue weighted by molar-refractivity contribution is 5.98. The third-order valence-corrected chi connectivity index (χ3v) is 8.03. The van der Waals surface area contributed by atoms with Crippen molar-refractivity contribution in [3.05, 3.63) is 53.7 Å². The standard InChI is InChI=1S/C30H40N6O3/c1-22(2)32-26-6-5-13-31-27(26)33-18-20-36(21-19-33)29(38)24-9-7-23(8-10-24)28(37)35-16-11-25(12-17-35)30(39)34-14-3-4-15-34/h5-10,13,22,25,32H,3-4,11-12,14-21H2,1-2H3. The highest BCUT2D eigenvalue weighted by Gasteiger charge is 2.31. The Bertz CT molecular complexity index is 1160. The number of hydrogen-bond acceptors (Lipinski definition) is 6. The van der Waals surface area contributed by atoms with Crippen LogP contribution in [-0.4, -0.2) is 95.8 Å². The number of anilines is 2. The van der Waals surface area contributed by atoms with E-state index in [0.29, 0.717) is 56.4 Å². The minimum atomic E-state index is -0.0316. The van der Waals surface area contributed by atoms with Gasteiger partial charge in [-0.05, 0) is 75.9 Å². The lowest BCUT2D eigenvalue weighted by Gasteiger charge is -2.36. The molecule has 0 saturated carbocycles. The fourth-order valence-corrected chi connectivity index (χ4v) is 5.84. The first-order valence-corrected chi connectivity index (χ1v) is 14.3. The van der Waals surface area contributed by atoms with Crippen molar-refractivity contribution in [2.45, 2.75) is 45.6 Å². The molecular formula is C30H40N6O3. The number of carbonyl (C=O) groups is 3. The zero-order valence-electron chi connectivity index (χ0n) is 23.1. The van der Waals surface area contributed by atoms with Gasteiger partial charge in [0.05, 0.1) is 5.69 Å². The Labute approximate surface area is 231 Å². The second kappa shape index (κ2) is 12.1.